The fourth-order valence-corrected chi connectivity index (χ4v) is 4.40. The van der Waals surface area contributed by atoms with Gasteiger partial charge < -0.3 is 10.2 Å². The number of benzene rings is 1. The van der Waals surface area contributed by atoms with E-state index in [1.54, 1.807) is 6.92 Å². The van der Waals surface area contributed by atoms with Gasteiger partial charge in [0.05, 0.1) is 16.1 Å². The van der Waals surface area contributed by atoms with Crippen LogP contribution in [-0.4, -0.2) is 25.4 Å². The Morgan fingerprint density at radius 1 is 1.21 bits per heavy atom. The minimum absolute atomic E-state index is 0.0263. The molecule has 146 valence electrons. The molecule has 2 heterocycles. The third-order valence-electron chi connectivity index (χ3n) is 4.75. The topological polar surface area (TPSA) is 82.0 Å². The lowest BCUT2D eigenvalue weighted by atomic mass is 10.0. The third kappa shape index (κ3) is 2.86. The van der Waals surface area contributed by atoms with Gasteiger partial charge in [-0.1, -0.05) is 19.9 Å². The molecule has 5 nitrogen and oxygen atoms in total. The molecule has 28 heavy (non-hydrogen) atoms. The lowest BCUT2D eigenvalue weighted by Gasteiger charge is -2.10. The van der Waals surface area contributed by atoms with Crippen molar-refractivity contribution in [3.05, 3.63) is 40.0 Å². The van der Waals surface area contributed by atoms with Gasteiger partial charge in [-0.25, -0.2) is 4.98 Å². The van der Waals surface area contributed by atoms with Crippen LogP contribution in [0, 0.1) is 0 Å². The summed E-state index contributed by atoms with van der Waals surface area (Å²) in [5, 5.41) is 26.3. The maximum atomic E-state index is 13.6. The smallest absolute Gasteiger partial charge is 0.433 e. The Morgan fingerprint density at radius 2 is 1.96 bits per heavy atom. The second-order valence-electron chi connectivity index (χ2n) is 6.59. The first-order chi connectivity index (χ1) is 13.2. The molecule has 0 radical (unpaired) electrons. The van der Waals surface area contributed by atoms with E-state index in [1.807, 2.05) is 19.1 Å². The minimum atomic E-state index is -4.67. The molecule has 0 saturated carbocycles. The third-order valence-corrected chi connectivity index (χ3v) is 5.80. The molecule has 0 saturated heterocycles. The highest BCUT2D eigenvalue weighted by atomic mass is 32.1. The zero-order valence-corrected chi connectivity index (χ0v) is 15.7. The van der Waals surface area contributed by atoms with E-state index in [9.17, 15) is 23.4 Å². The van der Waals surface area contributed by atoms with Gasteiger partial charge in [0.25, 0.3) is 0 Å². The van der Waals surface area contributed by atoms with Crippen molar-refractivity contribution >= 4 is 17.4 Å². The fourth-order valence-electron chi connectivity index (χ4n) is 3.26. The maximum Gasteiger partial charge on any atom is 0.433 e. The van der Waals surface area contributed by atoms with E-state index in [0.717, 1.165) is 28.0 Å². The summed E-state index contributed by atoms with van der Waals surface area (Å²) >= 11 is 1.15. The number of phenols is 2. The zero-order valence-electron chi connectivity index (χ0n) is 14.9. The van der Waals surface area contributed by atoms with Gasteiger partial charge in [-0.3, -0.25) is 5.10 Å². The van der Waals surface area contributed by atoms with Crippen molar-refractivity contribution in [2.45, 2.75) is 32.4 Å². The van der Waals surface area contributed by atoms with Crippen LogP contribution in [0.4, 0.5) is 13.2 Å². The number of thiazole rings is 1. The Morgan fingerprint density at radius 3 is 2.61 bits per heavy atom. The van der Waals surface area contributed by atoms with E-state index in [4.69, 9.17) is 0 Å². The molecule has 0 aliphatic heterocycles. The number of aryl methyl sites for hydroxylation is 1. The van der Waals surface area contributed by atoms with Crippen LogP contribution in [-0.2, 0) is 12.6 Å². The molecule has 1 aliphatic rings. The highest BCUT2D eigenvalue weighted by Gasteiger charge is 2.40. The Balaban J connectivity index is 1.97. The van der Waals surface area contributed by atoms with Crippen LogP contribution < -0.4 is 0 Å². The number of H-pyrrole nitrogens is 1. The molecule has 1 aromatic carbocycles. The molecule has 4 rings (SSSR count). The van der Waals surface area contributed by atoms with E-state index < -0.39 is 11.9 Å². The van der Waals surface area contributed by atoms with Gasteiger partial charge in [0.2, 0.25) is 0 Å². The van der Waals surface area contributed by atoms with Crippen LogP contribution in [0.1, 0.15) is 41.6 Å². The van der Waals surface area contributed by atoms with Crippen molar-refractivity contribution in [3.63, 3.8) is 0 Å². The second-order valence-corrected chi connectivity index (χ2v) is 7.62. The lowest BCUT2D eigenvalue weighted by molar-refractivity contribution is -0.140. The number of aromatic hydroxyl groups is 2. The quantitative estimate of drug-likeness (QED) is 0.549. The van der Waals surface area contributed by atoms with Crippen LogP contribution in [0.15, 0.2) is 18.2 Å². The zero-order chi connectivity index (χ0) is 20.2. The van der Waals surface area contributed by atoms with Crippen LogP contribution >= 0.6 is 11.3 Å². The number of hydrogen-bond donors (Lipinski definition) is 3. The van der Waals surface area contributed by atoms with Crippen molar-refractivity contribution in [1.82, 2.24) is 15.2 Å². The van der Waals surface area contributed by atoms with E-state index in [2.05, 4.69) is 15.2 Å². The fraction of sp³-hybridized carbons (Fsp3) is 0.263. The summed E-state index contributed by atoms with van der Waals surface area (Å²) in [6.07, 6.45) is -0.434. The molecule has 9 heteroatoms. The minimum Gasteiger partial charge on any atom is -0.508 e. The summed E-state index contributed by atoms with van der Waals surface area (Å²) in [5.74, 6) is -0.448. The van der Waals surface area contributed by atoms with Crippen molar-refractivity contribution < 1.29 is 23.4 Å². The van der Waals surface area contributed by atoms with Crippen LogP contribution in [0.2, 0.25) is 0 Å². The SMILES string of the molecule is CCc1cc(-c2n[nH]c(C(F)(F)F)c2-c2nc3c(s2)C=CC3C)c(O)cc1O. The number of nitrogens with one attached hydrogen (secondary N) is 1. The normalized spacial score (nSPS) is 16.0. The van der Waals surface area contributed by atoms with Gasteiger partial charge in [-0.2, -0.15) is 18.3 Å². The van der Waals surface area contributed by atoms with E-state index in [-0.39, 0.29) is 39.2 Å². The predicted octanol–water partition coefficient (Wildman–Crippen LogP) is 5.32. The molecule has 2 aromatic heterocycles. The molecule has 0 bridgehead atoms. The first-order valence-electron chi connectivity index (χ1n) is 8.60. The molecule has 0 fully saturated rings. The Kier molecular flexibility index (Phi) is 4.22. The van der Waals surface area contributed by atoms with Gasteiger partial charge in [0.1, 0.15) is 22.2 Å². The number of aromatic nitrogens is 3. The molecule has 1 unspecified atom stereocenters. The average molecular weight is 407 g/mol. The average Bonchev–Trinajstić information content (AvgIpc) is 3.30. The van der Waals surface area contributed by atoms with Crippen molar-refractivity contribution in [3.8, 4) is 33.3 Å². The number of phenolic OH excluding ortho intramolecular Hbond substituents is 2. The molecule has 3 aromatic rings. The molecule has 0 amide bonds. The van der Waals surface area contributed by atoms with Gasteiger partial charge in [0, 0.05) is 17.5 Å². The second kappa shape index (κ2) is 6.37. The summed E-state index contributed by atoms with van der Waals surface area (Å²) < 4.78 is 40.9. The molecular formula is C19H16F3N3O2S. The first-order valence-corrected chi connectivity index (χ1v) is 9.42. The summed E-state index contributed by atoms with van der Waals surface area (Å²) in [6, 6.07) is 2.57. The largest absolute Gasteiger partial charge is 0.508 e. The number of allylic oxidation sites excluding steroid dienone is 1. The number of aromatic amines is 1. The standard InChI is InChI=1S/C19H16F3N3O2S/c1-3-9-6-10(12(27)7-11(9)26)16-14(17(25-24-16)19(20,21)22)18-23-15-8(2)4-5-13(15)28-18/h4-8,26-27H,3H2,1-2H3,(H,24,25). The van der Waals surface area contributed by atoms with Crippen molar-refractivity contribution in [2.75, 3.05) is 0 Å². The first kappa shape index (κ1) is 18.5. The number of nitrogens with zero attached hydrogens (tertiary/aromatic N) is 2. The van der Waals surface area contributed by atoms with Crippen molar-refractivity contribution in [2.24, 2.45) is 0 Å². The Hall–Kier alpha value is -2.81. The van der Waals surface area contributed by atoms with Crippen LogP contribution in [0.25, 0.3) is 27.9 Å². The van der Waals surface area contributed by atoms with Crippen molar-refractivity contribution in [1.29, 1.82) is 0 Å². The van der Waals surface area contributed by atoms with Gasteiger partial charge in [-0.15, -0.1) is 11.3 Å². The monoisotopic (exact) mass is 407 g/mol. The number of rotatable bonds is 3. The maximum absolute atomic E-state index is 13.6. The number of hydrogen-bond acceptors (Lipinski definition) is 5. The van der Waals surface area contributed by atoms with E-state index in [1.165, 1.54) is 6.07 Å². The number of halogens is 3. The number of fused-ring (bicyclic) bond motifs is 1. The van der Waals surface area contributed by atoms with Gasteiger partial charge >= 0.3 is 6.18 Å². The Labute approximate surface area is 162 Å². The molecular weight excluding hydrogens is 391 g/mol. The summed E-state index contributed by atoms with van der Waals surface area (Å²) in [6.45, 7) is 3.72. The molecule has 1 atom stereocenters. The van der Waals surface area contributed by atoms with Crippen LogP contribution in [0.3, 0.4) is 0 Å². The Bertz CT molecular complexity index is 1100. The lowest BCUT2D eigenvalue weighted by Crippen LogP contribution is -2.07. The predicted molar refractivity (Wildman–Crippen MR) is 100 cm³/mol. The highest BCUT2D eigenvalue weighted by Crippen LogP contribution is 2.47. The molecule has 0 spiro atoms. The summed E-state index contributed by atoms with van der Waals surface area (Å²) in [7, 11) is 0. The summed E-state index contributed by atoms with van der Waals surface area (Å²) in [4.78, 5) is 5.24. The molecule has 3 N–H and O–H groups in total. The van der Waals surface area contributed by atoms with E-state index in [0.29, 0.717) is 12.0 Å². The van der Waals surface area contributed by atoms with Gasteiger partial charge in [-0.05, 0) is 24.1 Å². The highest BCUT2D eigenvalue weighted by molar-refractivity contribution is 7.16. The van der Waals surface area contributed by atoms with E-state index >= 15 is 0 Å². The number of alkyl halides is 3. The molecule has 1 aliphatic carbocycles. The van der Waals surface area contributed by atoms with Crippen LogP contribution in [0.5, 0.6) is 11.5 Å². The van der Waals surface area contributed by atoms with Gasteiger partial charge in [0.15, 0.2) is 5.69 Å². The summed E-state index contributed by atoms with van der Waals surface area (Å²) in [5.41, 5.74) is 0.0597.